The molecule has 20 heavy (non-hydrogen) atoms. The summed E-state index contributed by atoms with van der Waals surface area (Å²) in [6, 6.07) is 5.43. The molecule has 0 unspecified atom stereocenters. The van der Waals surface area contributed by atoms with Gasteiger partial charge in [-0.3, -0.25) is 4.79 Å². The van der Waals surface area contributed by atoms with Crippen molar-refractivity contribution in [3.8, 4) is 5.75 Å². The Kier molecular flexibility index (Phi) is 5.52. The van der Waals surface area contributed by atoms with E-state index in [1.807, 2.05) is 6.92 Å². The van der Waals surface area contributed by atoms with Crippen molar-refractivity contribution in [2.75, 3.05) is 27.2 Å². The average Bonchev–Trinajstić information content (AvgIpc) is 2.37. The number of carbonyl (C=O) groups excluding carboxylic acids is 1. The molecule has 0 fully saturated rings. The van der Waals surface area contributed by atoms with E-state index in [2.05, 4.69) is 0 Å². The molecule has 0 saturated carbocycles. The molecule has 0 radical (unpaired) electrons. The molecule has 1 amide bonds. The lowest BCUT2D eigenvalue weighted by atomic mass is 10.3. The van der Waals surface area contributed by atoms with Crippen LogP contribution in [0.1, 0.15) is 13.3 Å². The van der Waals surface area contributed by atoms with Gasteiger partial charge in [-0.2, -0.15) is 4.31 Å². The van der Waals surface area contributed by atoms with Gasteiger partial charge in [0.1, 0.15) is 5.75 Å². The largest absolute Gasteiger partial charge is 0.508 e. The molecule has 0 aliphatic rings. The second-order valence-electron chi connectivity index (χ2n) is 4.62. The number of rotatable bonds is 6. The quantitative estimate of drug-likeness (QED) is 0.846. The predicted molar refractivity (Wildman–Crippen MR) is 75.9 cm³/mol. The topological polar surface area (TPSA) is 77.9 Å². The number of hydrogen-bond donors (Lipinski definition) is 1. The first-order valence-electron chi connectivity index (χ1n) is 6.28. The van der Waals surface area contributed by atoms with Crippen molar-refractivity contribution in [2.24, 2.45) is 0 Å². The Morgan fingerprint density at radius 1 is 1.30 bits per heavy atom. The summed E-state index contributed by atoms with van der Waals surface area (Å²) >= 11 is 0. The van der Waals surface area contributed by atoms with Gasteiger partial charge in [-0.15, -0.1) is 0 Å². The SMILES string of the molecule is CCCN(CC(=O)N(C)C)S(=O)(=O)c1cccc(O)c1. The Morgan fingerprint density at radius 3 is 2.45 bits per heavy atom. The van der Waals surface area contributed by atoms with Crippen LogP contribution in [0.15, 0.2) is 29.2 Å². The van der Waals surface area contributed by atoms with E-state index >= 15 is 0 Å². The third-order valence-corrected chi connectivity index (χ3v) is 4.58. The standard InChI is InChI=1S/C13H20N2O4S/c1-4-8-15(10-13(17)14(2)3)20(18,19)12-7-5-6-11(16)9-12/h5-7,9,16H,4,8,10H2,1-3H3. The second kappa shape index (κ2) is 6.71. The van der Waals surface area contributed by atoms with E-state index in [-0.39, 0.29) is 29.6 Å². The number of sulfonamides is 1. The molecule has 112 valence electrons. The van der Waals surface area contributed by atoms with Gasteiger partial charge in [0.05, 0.1) is 11.4 Å². The summed E-state index contributed by atoms with van der Waals surface area (Å²) < 4.78 is 26.1. The number of phenols is 1. The van der Waals surface area contributed by atoms with Crippen LogP contribution in [-0.4, -0.2) is 55.8 Å². The molecule has 1 aromatic rings. The summed E-state index contributed by atoms with van der Waals surface area (Å²) in [7, 11) is -0.635. The van der Waals surface area contributed by atoms with Gasteiger partial charge in [0.15, 0.2) is 0 Å². The first-order valence-corrected chi connectivity index (χ1v) is 7.72. The van der Waals surface area contributed by atoms with Crippen molar-refractivity contribution < 1.29 is 18.3 Å². The summed E-state index contributed by atoms with van der Waals surface area (Å²) in [6.45, 7) is 1.88. The Labute approximate surface area is 119 Å². The summed E-state index contributed by atoms with van der Waals surface area (Å²) in [5.74, 6) is -0.413. The number of benzene rings is 1. The summed E-state index contributed by atoms with van der Waals surface area (Å²) in [6.07, 6.45) is 0.596. The number of aromatic hydroxyl groups is 1. The molecule has 0 heterocycles. The Hall–Kier alpha value is -1.60. The van der Waals surface area contributed by atoms with E-state index in [4.69, 9.17) is 0 Å². The third-order valence-electron chi connectivity index (χ3n) is 2.74. The van der Waals surface area contributed by atoms with Crippen molar-refractivity contribution >= 4 is 15.9 Å². The maximum atomic E-state index is 12.5. The molecular weight excluding hydrogens is 280 g/mol. The van der Waals surface area contributed by atoms with Crippen LogP contribution in [-0.2, 0) is 14.8 Å². The minimum absolute atomic E-state index is 0.0162. The molecule has 0 aliphatic carbocycles. The van der Waals surface area contributed by atoms with Crippen LogP contribution in [0.4, 0.5) is 0 Å². The first-order chi connectivity index (χ1) is 9.28. The van der Waals surface area contributed by atoms with Gasteiger partial charge in [0, 0.05) is 20.6 Å². The second-order valence-corrected chi connectivity index (χ2v) is 6.56. The van der Waals surface area contributed by atoms with Crippen molar-refractivity contribution in [2.45, 2.75) is 18.2 Å². The molecule has 7 heteroatoms. The lowest BCUT2D eigenvalue weighted by Crippen LogP contribution is -2.40. The maximum absolute atomic E-state index is 12.5. The van der Waals surface area contributed by atoms with Crippen LogP contribution >= 0.6 is 0 Å². The molecule has 1 rings (SSSR count). The van der Waals surface area contributed by atoms with E-state index in [1.54, 1.807) is 14.1 Å². The fourth-order valence-electron chi connectivity index (χ4n) is 1.62. The molecule has 0 aromatic heterocycles. The van der Waals surface area contributed by atoms with Gasteiger partial charge in [-0.1, -0.05) is 13.0 Å². The minimum Gasteiger partial charge on any atom is -0.508 e. The number of likely N-dealkylation sites (N-methyl/N-ethyl adjacent to an activating group) is 1. The van der Waals surface area contributed by atoms with E-state index in [0.29, 0.717) is 6.42 Å². The van der Waals surface area contributed by atoms with Crippen molar-refractivity contribution in [3.63, 3.8) is 0 Å². The first kappa shape index (κ1) is 16.5. The zero-order chi connectivity index (χ0) is 15.3. The normalized spacial score (nSPS) is 11.6. The lowest BCUT2D eigenvalue weighted by molar-refractivity contribution is -0.128. The highest BCUT2D eigenvalue weighted by atomic mass is 32.2. The Morgan fingerprint density at radius 2 is 1.95 bits per heavy atom. The number of nitrogens with zero attached hydrogens (tertiary/aromatic N) is 2. The predicted octanol–water partition coefficient (Wildman–Crippen LogP) is 0.881. The molecule has 1 N–H and O–H groups in total. The highest BCUT2D eigenvalue weighted by Gasteiger charge is 2.26. The molecule has 0 atom stereocenters. The van der Waals surface area contributed by atoms with E-state index in [0.717, 1.165) is 4.31 Å². The van der Waals surface area contributed by atoms with E-state index < -0.39 is 10.0 Å². The van der Waals surface area contributed by atoms with Crippen LogP contribution in [0, 0.1) is 0 Å². The minimum atomic E-state index is -3.79. The van der Waals surface area contributed by atoms with Gasteiger partial charge >= 0.3 is 0 Å². The molecule has 0 bridgehead atoms. The summed E-state index contributed by atoms with van der Waals surface area (Å²) in [4.78, 5) is 13.1. The number of amides is 1. The van der Waals surface area contributed by atoms with Crippen molar-refractivity contribution in [1.29, 1.82) is 0 Å². The fraction of sp³-hybridized carbons (Fsp3) is 0.462. The van der Waals surface area contributed by atoms with Gasteiger partial charge in [-0.05, 0) is 24.6 Å². The fourth-order valence-corrected chi connectivity index (χ4v) is 3.14. The van der Waals surface area contributed by atoms with Crippen molar-refractivity contribution in [3.05, 3.63) is 24.3 Å². The van der Waals surface area contributed by atoms with Gasteiger partial charge in [0.2, 0.25) is 15.9 Å². The van der Waals surface area contributed by atoms with Crippen LogP contribution in [0.2, 0.25) is 0 Å². The average molecular weight is 300 g/mol. The van der Waals surface area contributed by atoms with Gasteiger partial charge in [-0.25, -0.2) is 8.42 Å². The number of hydrogen-bond acceptors (Lipinski definition) is 4. The van der Waals surface area contributed by atoms with E-state index in [9.17, 15) is 18.3 Å². The lowest BCUT2D eigenvalue weighted by Gasteiger charge is -2.22. The third kappa shape index (κ3) is 3.94. The summed E-state index contributed by atoms with van der Waals surface area (Å²) in [5.41, 5.74) is 0. The van der Waals surface area contributed by atoms with Crippen molar-refractivity contribution in [1.82, 2.24) is 9.21 Å². The molecule has 0 spiro atoms. The van der Waals surface area contributed by atoms with Gasteiger partial charge < -0.3 is 10.0 Å². The monoisotopic (exact) mass is 300 g/mol. The molecule has 1 aromatic carbocycles. The zero-order valence-electron chi connectivity index (χ0n) is 11.9. The number of phenolic OH excluding ortho intramolecular Hbond substituents is 1. The molecule has 6 nitrogen and oxygen atoms in total. The zero-order valence-corrected chi connectivity index (χ0v) is 12.7. The van der Waals surface area contributed by atoms with E-state index in [1.165, 1.54) is 29.2 Å². The van der Waals surface area contributed by atoms with Gasteiger partial charge in [0.25, 0.3) is 0 Å². The molecule has 0 saturated heterocycles. The summed E-state index contributed by atoms with van der Waals surface area (Å²) in [5, 5.41) is 9.40. The molecular formula is C13H20N2O4S. The Balaban J connectivity index is 3.09. The molecule has 0 aliphatic heterocycles. The van der Waals surface area contributed by atoms with Crippen LogP contribution in [0.5, 0.6) is 5.75 Å². The smallest absolute Gasteiger partial charge is 0.243 e. The van der Waals surface area contributed by atoms with Crippen LogP contribution < -0.4 is 0 Å². The highest BCUT2D eigenvalue weighted by Crippen LogP contribution is 2.20. The maximum Gasteiger partial charge on any atom is 0.243 e. The highest BCUT2D eigenvalue weighted by molar-refractivity contribution is 7.89. The number of carbonyl (C=O) groups is 1. The van der Waals surface area contributed by atoms with Crippen LogP contribution in [0.25, 0.3) is 0 Å². The van der Waals surface area contributed by atoms with Crippen LogP contribution in [0.3, 0.4) is 0 Å². The Bertz CT molecular complexity index is 569.